The second-order valence-electron chi connectivity index (χ2n) is 4.03. The van der Waals surface area contributed by atoms with E-state index in [1.165, 1.54) is 6.42 Å². The number of hydrogen-bond donors (Lipinski definition) is 2. The molecule has 2 atom stereocenters. The van der Waals surface area contributed by atoms with Crippen LogP contribution < -0.4 is 5.32 Å². The van der Waals surface area contributed by atoms with E-state index >= 15 is 0 Å². The average Bonchev–Trinajstić information content (AvgIpc) is 2.37. The predicted octanol–water partition coefficient (Wildman–Crippen LogP) is 1.15. The number of rotatable bonds is 2. The van der Waals surface area contributed by atoms with Gasteiger partial charge in [-0.05, 0) is 32.2 Å². The van der Waals surface area contributed by atoms with Gasteiger partial charge in [0.1, 0.15) is 0 Å². The second-order valence-corrected chi connectivity index (χ2v) is 4.03. The van der Waals surface area contributed by atoms with Crippen LogP contribution in [0.15, 0.2) is 0 Å². The number of nitrogens with one attached hydrogen (secondary N) is 1. The van der Waals surface area contributed by atoms with Crippen molar-refractivity contribution in [3.63, 3.8) is 0 Å². The lowest BCUT2D eigenvalue weighted by Gasteiger charge is -2.34. The lowest BCUT2D eigenvalue weighted by molar-refractivity contribution is -0.0168. The third-order valence-corrected chi connectivity index (χ3v) is 2.93. The molecule has 1 unspecified atom stereocenters. The van der Waals surface area contributed by atoms with Gasteiger partial charge >= 0.3 is 0 Å². The van der Waals surface area contributed by atoms with Gasteiger partial charge in [0.05, 0.1) is 5.60 Å². The molecule has 1 heterocycles. The van der Waals surface area contributed by atoms with Crippen molar-refractivity contribution in [3.8, 4) is 0 Å². The van der Waals surface area contributed by atoms with Crippen molar-refractivity contribution < 1.29 is 5.11 Å². The summed E-state index contributed by atoms with van der Waals surface area (Å²) in [7, 11) is 0. The van der Waals surface area contributed by atoms with Crippen molar-refractivity contribution >= 4 is 0 Å². The molecule has 2 heteroatoms. The minimum Gasteiger partial charge on any atom is -0.388 e. The Morgan fingerprint density at radius 3 is 2.55 bits per heavy atom. The summed E-state index contributed by atoms with van der Waals surface area (Å²) in [6.07, 6.45) is 2.32. The Balaban J connectivity index is 2.55. The first-order valence-electron chi connectivity index (χ1n) is 4.51. The summed E-state index contributed by atoms with van der Waals surface area (Å²) < 4.78 is 0. The summed E-state index contributed by atoms with van der Waals surface area (Å²) in [5, 5.41) is 13.4. The Hall–Kier alpha value is -0.0800. The van der Waals surface area contributed by atoms with Gasteiger partial charge in [0.15, 0.2) is 0 Å². The molecular weight excluding hydrogens is 138 g/mol. The highest BCUT2D eigenvalue weighted by Gasteiger charge is 2.36. The standard InChI is InChI=1S/C9H19NO/c1-7(2)9(3,11)8-5-4-6-10-8/h7-8,10-11H,4-6H2,1-3H3/t8-,9?/m0/s1. The lowest BCUT2D eigenvalue weighted by atomic mass is 9.84. The molecule has 1 aliphatic heterocycles. The maximum absolute atomic E-state index is 10.0. The molecule has 1 fully saturated rings. The van der Waals surface area contributed by atoms with Gasteiger partial charge < -0.3 is 10.4 Å². The number of hydrogen-bond acceptors (Lipinski definition) is 2. The predicted molar refractivity (Wildman–Crippen MR) is 46.5 cm³/mol. The maximum atomic E-state index is 10.0. The fourth-order valence-electron chi connectivity index (χ4n) is 1.59. The van der Waals surface area contributed by atoms with Crippen LogP contribution in [0, 0.1) is 5.92 Å². The molecule has 1 aliphatic rings. The van der Waals surface area contributed by atoms with Crippen LogP contribution in [0.3, 0.4) is 0 Å². The zero-order valence-electron chi connectivity index (χ0n) is 7.72. The average molecular weight is 157 g/mol. The van der Waals surface area contributed by atoms with Gasteiger partial charge in [-0.15, -0.1) is 0 Å². The van der Waals surface area contributed by atoms with Crippen molar-refractivity contribution in [1.82, 2.24) is 5.32 Å². The van der Waals surface area contributed by atoms with Crippen LogP contribution in [0.4, 0.5) is 0 Å². The zero-order valence-corrected chi connectivity index (χ0v) is 7.72. The Labute approximate surface area is 69.0 Å². The quantitative estimate of drug-likeness (QED) is 0.630. The van der Waals surface area contributed by atoms with Crippen molar-refractivity contribution in [1.29, 1.82) is 0 Å². The summed E-state index contributed by atoms with van der Waals surface area (Å²) in [6.45, 7) is 7.13. The van der Waals surface area contributed by atoms with Crippen LogP contribution >= 0.6 is 0 Å². The molecule has 1 saturated heterocycles. The molecule has 2 nitrogen and oxygen atoms in total. The third-order valence-electron chi connectivity index (χ3n) is 2.93. The van der Waals surface area contributed by atoms with Gasteiger partial charge in [0.2, 0.25) is 0 Å². The van der Waals surface area contributed by atoms with E-state index in [0.717, 1.165) is 13.0 Å². The molecular formula is C9H19NO. The van der Waals surface area contributed by atoms with Crippen LogP contribution in [-0.2, 0) is 0 Å². The minimum atomic E-state index is -0.531. The fourth-order valence-corrected chi connectivity index (χ4v) is 1.59. The summed E-state index contributed by atoms with van der Waals surface area (Å²) in [5.41, 5.74) is -0.531. The summed E-state index contributed by atoms with van der Waals surface area (Å²) >= 11 is 0. The van der Waals surface area contributed by atoms with Crippen molar-refractivity contribution in [3.05, 3.63) is 0 Å². The molecule has 0 saturated carbocycles. The summed E-state index contributed by atoms with van der Waals surface area (Å²) in [4.78, 5) is 0. The maximum Gasteiger partial charge on any atom is 0.0794 e. The van der Waals surface area contributed by atoms with Crippen LogP contribution in [0.2, 0.25) is 0 Å². The van der Waals surface area contributed by atoms with Crippen LogP contribution in [0.5, 0.6) is 0 Å². The fraction of sp³-hybridized carbons (Fsp3) is 1.00. The molecule has 0 amide bonds. The lowest BCUT2D eigenvalue weighted by Crippen LogP contribution is -2.49. The smallest absolute Gasteiger partial charge is 0.0794 e. The van der Waals surface area contributed by atoms with Crippen molar-refractivity contribution in [2.75, 3.05) is 6.54 Å². The molecule has 0 aliphatic carbocycles. The van der Waals surface area contributed by atoms with E-state index in [0.29, 0.717) is 12.0 Å². The van der Waals surface area contributed by atoms with Gasteiger partial charge in [-0.3, -0.25) is 0 Å². The largest absolute Gasteiger partial charge is 0.388 e. The highest BCUT2D eigenvalue weighted by molar-refractivity contribution is 4.93. The number of aliphatic hydroxyl groups is 1. The molecule has 0 aromatic rings. The molecule has 2 N–H and O–H groups in total. The molecule has 11 heavy (non-hydrogen) atoms. The van der Waals surface area contributed by atoms with E-state index in [9.17, 15) is 5.11 Å². The van der Waals surface area contributed by atoms with Crippen LogP contribution in [0.1, 0.15) is 33.6 Å². The first-order valence-corrected chi connectivity index (χ1v) is 4.51. The summed E-state index contributed by atoms with van der Waals surface area (Å²) in [5.74, 6) is 0.332. The normalized spacial score (nSPS) is 30.8. The Bertz CT molecular complexity index is 126. The van der Waals surface area contributed by atoms with E-state index in [1.807, 2.05) is 6.92 Å². The second kappa shape index (κ2) is 3.11. The van der Waals surface area contributed by atoms with E-state index in [-0.39, 0.29) is 0 Å². The Morgan fingerprint density at radius 2 is 2.18 bits per heavy atom. The van der Waals surface area contributed by atoms with Gasteiger partial charge in [-0.25, -0.2) is 0 Å². The summed E-state index contributed by atoms with van der Waals surface area (Å²) in [6, 6.07) is 0.308. The molecule has 66 valence electrons. The van der Waals surface area contributed by atoms with E-state index in [1.54, 1.807) is 0 Å². The molecule has 1 rings (SSSR count). The monoisotopic (exact) mass is 157 g/mol. The van der Waals surface area contributed by atoms with Crippen molar-refractivity contribution in [2.24, 2.45) is 5.92 Å². The highest BCUT2D eigenvalue weighted by atomic mass is 16.3. The Morgan fingerprint density at radius 1 is 1.55 bits per heavy atom. The SMILES string of the molecule is CC(C)C(C)(O)[C@@H]1CCCN1. The van der Waals surface area contributed by atoms with Crippen LogP contribution in [0.25, 0.3) is 0 Å². The molecule has 0 spiro atoms. The minimum absolute atomic E-state index is 0.308. The molecule has 0 bridgehead atoms. The molecule has 0 aromatic heterocycles. The van der Waals surface area contributed by atoms with Gasteiger partial charge in [-0.2, -0.15) is 0 Å². The first-order chi connectivity index (χ1) is 5.05. The van der Waals surface area contributed by atoms with E-state index in [4.69, 9.17) is 0 Å². The van der Waals surface area contributed by atoms with Gasteiger partial charge in [-0.1, -0.05) is 13.8 Å². The van der Waals surface area contributed by atoms with E-state index < -0.39 is 5.60 Å². The topological polar surface area (TPSA) is 32.3 Å². The molecule has 0 radical (unpaired) electrons. The highest BCUT2D eigenvalue weighted by Crippen LogP contribution is 2.25. The van der Waals surface area contributed by atoms with E-state index in [2.05, 4.69) is 19.2 Å². The molecule has 0 aromatic carbocycles. The first kappa shape index (κ1) is 9.01. The van der Waals surface area contributed by atoms with Gasteiger partial charge in [0, 0.05) is 6.04 Å². The zero-order chi connectivity index (χ0) is 8.48. The van der Waals surface area contributed by atoms with Gasteiger partial charge in [0.25, 0.3) is 0 Å². The third kappa shape index (κ3) is 1.74. The van der Waals surface area contributed by atoms with Crippen molar-refractivity contribution in [2.45, 2.75) is 45.3 Å². The Kier molecular flexibility index (Phi) is 2.55. The van der Waals surface area contributed by atoms with Crippen LogP contribution in [-0.4, -0.2) is 23.3 Å².